The molecule has 2 aromatic rings. The number of nitrogens with zero attached hydrogens (tertiary/aromatic N) is 1. The topological polar surface area (TPSA) is 92.5 Å². The molecule has 6 nitrogen and oxygen atoms in total. The van der Waals surface area contributed by atoms with E-state index in [-0.39, 0.29) is 0 Å². The van der Waals surface area contributed by atoms with E-state index in [1.807, 2.05) is 35.8 Å². The summed E-state index contributed by atoms with van der Waals surface area (Å²) in [6, 6.07) is 15.3. The molecule has 0 spiro atoms. The van der Waals surface area contributed by atoms with Crippen LogP contribution >= 0.6 is 11.6 Å². The Morgan fingerprint density at radius 2 is 1.68 bits per heavy atom. The SMILES string of the molecule is NNC(=O)CC(=O)N(C(=O)C=Cc1ccccc1)c1ccc(Cl)cc1. The number of nitrogens with one attached hydrogen (secondary N) is 1. The van der Waals surface area contributed by atoms with Crippen molar-refractivity contribution in [3.05, 3.63) is 71.3 Å². The Morgan fingerprint density at radius 3 is 2.28 bits per heavy atom. The van der Waals surface area contributed by atoms with E-state index < -0.39 is 24.1 Å². The molecule has 0 aliphatic carbocycles. The standard InChI is InChI=1S/C18H16ClN3O3/c19-14-7-9-15(10-8-14)22(18(25)12-16(23)21-20)17(24)11-6-13-4-2-1-3-5-13/h1-11H,12,20H2,(H,21,23). The number of carbonyl (C=O) groups is 3. The van der Waals surface area contributed by atoms with Gasteiger partial charge in [-0.3, -0.25) is 19.8 Å². The highest BCUT2D eigenvalue weighted by Gasteiger charge is 2.23. The molecule has 3 N–H and O–H groups in total. The molecular formula is C18H16ClN3O3. The Hall–Kier alpha value is -2.96. The minimum atomic E-state index is -0.701. The third kappa shape index (κ3) is 5.27. The number of nitrogens with two attached hydrogens (primary N) is 1. The maximum Gasteiger partial charge on any atom is 0.257 e. The number of hydrogen-bond donors (Lipinski definition) is 2. The van der Waals surface area contributed by atoms with Gasteiger partial charge in [0.1, 0.15) is 6.42 Å². The van der Waals surface area contributed by atoms with Gasteiger partial charge in [0.2, 0.25) is 11.8 Å². The zero-order valence-electron chi connectivity index (χ0n) is 13.2. The van der Waals surface area contributed by atoms with E-state index in [4.69, 9.17) is 17.4 Å². The van der Waals surface area contributed by atoms with Crippen molar-refractivity contribution < 1.29 is 14.4 Å². The Balaban J connectivity index is 2.28. The molecule has 128 valence electrons. The maximum atomic E-state index is 12.5. The molecule has 0 saturated heterocycles. The molecule has 2 rings (SSSR count). The number of amides is 3. The lowest BCUT2D eigenvalue weighted by Crippen LogP contribution is -2.40. The van der Waals surface area contributed by atoms with Crippen LogP contribution in [0.3, 0.4) is 0 Å². The van der Waals surface area contributed by atoms with Crippen molar-refractivity contribution in [2.24, 2.45) is 5.84 Å². The van der Waals surface area contributed by atoms with Gasteiger partial charge in [-0.15, -0.1) is 0 Å². The monoisotopic (exact) mass is 357 g/mol. The number of rotatable bonds is 5. The van der Waals surface area contributed by atoms with E-state index in [0.29, 0.717) is 10.7 Å². The van der Waals surface area contributed by atoms with Crippen LogP contribution in [0.5, 0.6) is 0 Å². The summed E-state index contributed by atoms with van der Waals surface area (Å²) >= 11 is 5.84. The minimum Gasteiger partial charge on any atom is -0.294 e. The first-order chi connectivity index (χ1) is 12.0. The lowest BCUT2D eigenvalue weighted by atomic mass is 10.2. The molecule has 25 heavy (non-hydrogen) atoms. The molecule has 0 aromatic heterocycles. The van der Waals surface area contributed by atoms with Crippen LogP contribution < -0.4 is 16.2 Å². The van der Waals surface area contributed by atoms with Gasteiger partial charge in [0.15, 0.2) is 0 Å². The summed E-state index contributed by atoms with van der Waals surface area (Å²) in [7, 11) is 0. The second-order valence-corrected chi connectivity index (χ2v) is 5.47. The van der Waals surface area contributed by atoms with Gasteiger partial charge < -0.3 is 0 Å². The van der Waals surface area contributed by atoms with Crippen LogP contribution in [0, 0.1) is 0 Å². The van der Waals surface area contributed by atoms with Crippen molar-refractivity contribution in [3.8, 4) is 0 Å². The number of carbonyl (C=O) groups excluding carboxylic acids is 3. The number of hydrazine groups is 1. The van der Waals surface area contributed by atoms with Crippen molar-refractivity contribution in [2.45, 2.75) is 6.42 Å². The predicted molar refractivity (Wildman–Crippen MR) is 96.4 cm³/mol. The molecule has 0 fully saturated rings. The van der Waals surface area contributed by atoms with Gasteiger partial charge in [-0.1, -0.05) is 41.9 Å². The molecule has 0 atom stereocenters. The first-order valence-electron chi connectivity index (χ1n) is 7.36. The van der Waals surface area contributed by atoms with Crippen LogP contribution in [0.25, 0.3) is 6.08 Å². The smallest absolute Gasteiger partial charge is 0.257 e. The van der Waals surface area contributed by atoms with Crippen molar-refractivity contribution >= 4 is 41.1 Å². The van der Waals surface area contributed by atoms with Gasteiger partial charge in [-0.05, 0) is 35.9 Å². The molecule has 0 saturated carbocycles. The summed E-state index contributed by atoms with van der Waals surface area (Å²) in [5.74, 6) is 3.03. The number of halogens is 1. The number of imide groups is 1. The Morgan fingerprint density at radius 1 is 1.04 bits per heavy atom. The number of hydrogen-bond acceptors (Lipinski definition) is 4. The summed E-state index contributed by atoms with van der Waals surface area (Å²) in [4.78, 5) is 37.2. The van der Waals surface area contributed by atoms with Gasteiger partial charge >= 0.3 is 0 Å². The third-order valence-corrected chi connectivity index (χ3v) is 3.50. The average Bonchev–Trinajstić information content (AvgIpc) is 2.62. The van der Waals surface area contributed by atoms with Crippen LogP contribution in [-0.4, -0.2) is 17.7 Å². The second-order valence-electron chi connectivity index (χ2n) is 5.03. The number of benzene rings is 2. The maximum absolute atomic E-state index is 12.5. The van der Waals surface area contributed by atoms with Crippen molar-refractivity contribution in [1.82, 2.24) is 5.43 Å². The first-order valence-corrected chi connectivity index (χ1v) is 7.74. The predicted octanol–water partition coefficient (Wildman–Crippen LogP) is 2.29. The summed E-state index contributed by atoms with van der Waals surface area (Å²) in [6.45, 7) is 0. The normalized spacial score (nSPS) is 10.5. The first kappa shape index (κ1) is 18.4. The van der Waals surface area contributed by atoms with E-state index in [1.165, 1.54) is 18.2 Å². The molecule has 7 heteroatoms. The zero-order valence-corrected chi connectivity index (χ0v) is 13.9. The molecule has 0 heterocycles. The largest absolute Gasteiger partial charge is 0.294 e. The Labute approximate surface area is 149 Å². The molecule has 0 aliphatic heterocycles. The lowest BCUT2D eigenvalue weighted by molar-refractivity contribution is -0.129. The van der Waals surface area contributed by atoms with Crippen LogP contribution in [0.1, 0.15) is 12.0 Å². The highest BCUT2D eigenvalue weighted by Crippen LogP contribution is 2.20. The second kappa shape index (κ2) is 8.77. The van der Waals surface area contributed by atoms with E-state index in [0.717, 1.165) is 10.5 Å². The van der Waals surface area contributed by atoms with Crippen molar-refractivity contribution in [1.29, 1.82) is 0 Å². The molecule has 2 aromatic carbocycles. The zero-order chi connectivity index (χ0) is 18.2. The fourth-order valence-electron chi connectivity index (χ4n) is 2.06. The fraction of sp³-hybridized carbons (Fsp3) is 0.0556. The highest BCUT2D eigenvalue weighted by molar-refractivity contribution is 6.30. The molecule has 3 amide bonds. The van der Waals surface area contributed by atoms with Crippen LogP contribution in [0.15, 0.2) is 60.7 Å². The summed E-state index contributed by atoms with van der Waals surface area (Å²) in [5, 5.41) is 0.461. The van der Waals surface area contributed by atoms with Crippen LogP contribution in [0.2, 0.25) is 5.02 Å². The summed E-state index contributed by atoms with van der Waals surface area (Å²) < 4.78 is 0. The van der Waals surface area contributed by atoms with E-state index >= 15 is 0 Å². The highest BCUT2D eigenvalue weighted by atomic mass is 35.5. The average molecular weight is 358 g/mol. The van der Waals surface area contributed by atoms with Crippen molar-refractivity contribution in [3.63, 3.8) is 0 Å². The Bertz CT molecular complexity index is 789. The summed E-state index contributed by atoms with van der Waals surface area (Å²) in [5.41, 5.74) is 2.98. The minimum absolute atomic E-state index is 0.307. The van der Waals surface area contributed by atoms with E-state index in [1.54, 1.807) is 18.2 Å². The molecule has 0 unspecified atom stereocenters. The van der Waals surface area contributed by atoms with E-state index in [9.17, 15) is 14.4 Å². The quantitative estimate of drug-likeness (QED) is 0.282. The lowest BCUT2D eigenvalue weighted by Gasteiger charge is -2.19. The van der Waals surface area contributed by atoms with Gasteiger partial charge in [-0.2, -0.15) is 0 Å². The fourth-order valence-corrected chi connectivity index (χ4v) is 2.18. The Kier molecular flexibility index (Phi) is 6.45. The molecule has 0 bridgehead atoms. The van der Waals surface area contributed by atoms with Gasteiger partial charge in [0, 0.05) is 11.1 Å². The molecule has 0 aliphatic rings. The van der Waals surface area contributed by atoms with Gasteiger partial charge in [-0.25, -0.2) is 10.7 Å². The van der Waals surface area contributed by atoms with Crippen molar-refractivity contribution in [2.75, 3.05) is 4.90 Å². The summed E-state index contributed by atoms with van der Waals surface area (Å²) in [6.07, 6.45) is 2.30. The van der Waals surface area contributed by atoms with E-state index in [2.05, 4.69) is 0 Å². The van der Waals surface area contributed by atoms with Crippen LogP contribution in [0.4, 0.5) is 5.69 Å². The number of anilines is 1. The third-order valence-electron chi connectivity index (χ3n) is 3.25. The van der Waals surface area contributed by atoms with Gasteiger partial charge in [0.25, 0.3) is 5.91 Å². The van der Waals surface area contributed by atoms with Crippen LogP contribution in [-0.2, 0) is 14.4 Å². The molecule has 0 radical (unpaired) electrons. The van der Waals surface area contributed by atoms with Gasteiger partial charge in [0.05, 0.1) is 5.69 Å². The molecular weight excluding hydrogens is 342 g/mol.